The third-order valence-electron chi connectivity index (χ3n) is 3.97. The molecule has 1 aliphatic heterocycles. The number of piperidine rings is 1. The summed E-state index contributed by atoms with van der Waals surface area (Å²) in [7, 11) is -2.02. The minimum atomic E-state index is -3.55. The van der Waals surface area contributed by atoms with Crippen LogP contribution in [0.4, 0.5) is 0 Å². The van der Waals surface area contributed by atoms with Crippen molar-refractivity contribution in [2.75, 3.05) is 33.3 Å². The van der Waals surface area contributed by atoms with Crippen LogP contribution in [0.15, 0.2) is 35.2 Å². The lowest BCUT2D eigenvalue weighted by molar-refractivity contribution is -0.146. The fourth-order valence-corrected chi connectivity index (χ4v) is 3.61. The highest BCUT2D eigenvalue weighted by Crippen LogP contribution is 2.22. The largest absolute Gasteiger partial charge is 0.368 e. The van der Waals surface area contributed by atoms with Crippen molar-refractivity contribution in [3.63, 3.8) is 0 Å². The zero-order valence-electron chi connectivity index (χ0n) is 13.2. The first-order chi connectivity index (χ1) is 11.0. The Morgan fingerprint density at radius 3 is 2.48 bits per heavy atom. The zero-order chi connectivity index (χ0) is 16.8. The van der Waals surface area contributed by atoms with Gasteiger partial charge in [-0.1, -0.05) is 18.2 Å². The van der Waals surface area contributed by atoms with Gasteiger partial charge in [-0.15, -0.1) is 0 Å². The number of benzene rings is 1. The molecule has 0 bridgehead atoms. The van der Waals surface area contributed by atoms with Gasteiger partial charge in [-0.05, 0) is 38.1 Å². The first kappa shape index (κ1) is 17.9. The van der Waals surface area contributed by atoms with Gasteiger partial charge in [-0.25, -0.2) is 13.1 Å². The summed E-state index contributed by atoms with van der Waals surface area (Å²) >= 11 is 0. The van der Waals surface area contributed by atoms with Crippen LogP contribution in [0.25, 0.3) is 0 Å². The molecule has 8 heteroatoms. The van der Waals surface area contributed by atoms with Crippen molar-refractivity contribution in [1.82, 2.24) is 15.4 Å². The minimum Gasteiger partial charge on any atom is -0.368 e. The van der Waals surface area contributed by atoms with Crippen LogP contribution in [-0.4, -0.2) is 53.2 Å². The van der Waals surface area contributed by atoms with Gasteiger partial charge in [0.15, 0.2) is 0 Å². The fourth-order valence-electron chi connectivity index (χ4n) is 2.56. The van der Waals surface area contributed by atoms with Crippen LogP contribution in [0.2, 0.25) is 0 Å². The van der Waals surface area contributed by atoms with E-state index in [1.807, 2.05) is 0 Å². The van der Waals surface area contributed by atoms with Crippen LogP contribution in [0.1, 0.15) is 12.8 Å². The summed E-state index contributed by atoms with van der Waals surface area (Å²) in [6.45, 7) is 1.79. The Balaban J connectivity index is 1.82. The third-order valence-corrected chi connectivity index (χ3v) is 5.45. The topological polar surface area (TPSA) is 96.5 Å². The molecule has 0 unspecified atom stereocenters. The van der Waals surface area contributed by atoms with Gasteiger partial charge in [-0.2, -0.15) is 0 Å². The summed E-state index contributed by atoms with van der Waals surface area (Å²) in [5.41, 5.74) is -0.816. The Morgan fingerprint density at radius 2 is 1.87 bits per heavy atom. The van der Waals surface area contributed by atoms with Crippen LogP contribution in [0.3, 0.4) is 0 Å². The summed E-state index contributed by atoms with van der Waals surface area (Å²) in [5.74, 6) is -0.194. The monoisotopic (exact) mass is 341 g/mol. The summed E-state index contributed by atoms with van der Waals surface area (Å²) in [4.78, 5) is 12.5. The quantitative estimate of drug-likeness (QED) is 0.600. The van der Waals surface area contributed by atoms with Gasteiger partial charge >= 0.3 is 0 Å². The van der Waals surface area contributed by atoms with Crippen LogP contribution in [-0.2, 0) is 19.6 Å². The second-order valence-corrected chi connectivity index (χ2v) is 7.18. The minimum absolute atomic E-state index is 0.126. The molecule has 1 fully saturated rings. The number of sulfonamides is 1. The molecular weight excluding hydrogens is 318 g/mol. The number of carbonyl (C=O) groups excluding carboxylic acids is 1. The van der Waals surface area contributed by atoms with Crippen molar-refractivity contribution in [2.24, 2.45) is 0 Å². The van der Waals surface area contributed by atoms with E-state index in [2.05, 4.69) is 15.4 Å². The van der Waals surface area contributed by atoms with Gasteiger partial charge in [-0.3, -0.25) is 4.79 Å². The molecule has 1 saturated heterocycles. The SMILES string of the molecule is COC1(C(=O)NCCNS(=O)(=O)c2ccccc2)CCNCC1. The van der Waals surface area contributed by atoms with Gasteiger partial charge in [0.25, 0.3) is 5.91 Å². The molecule has 0 aromatic heterocycles. The Labute approximate surface area is 136 Å². The average molecular weight is 341 g/mol. The number of methoxy groups -OCH3 is 1. The van der Waals surface area contributed by atoms with Crippen molar-refractivity contribution in [3.05, 3.63) is 30.3 Å². The van der Waals surface area contributed by atoms with E-state index in [9.17, 15) is 13.2 Å². The first-order valence-electron chi connectivity index (χ1n) is 7.59. The van der Waals surface area contributed by atoms with Crippen LogP contribution >= 0.6 is 0 Å². The number of ether oxygens (including phenoxy) is 1. The molecule has 0 radical (unpaired) electrons. The van der Waals surface area contributed by atoms with Crippen molar-refractivity contribution >= 4 is 15.9 Å². The molecule has 0 spiro atoms. The molecule has 128 valence electrons. The highest BCUT2D eigenvalue weighted by atomic mass is 32.2. The van der Waals surface area contributed by atoms with Gasteiger partial charge in [0, 0.05) is 20.2 Å². The Morgan fingerprint density at radius 1 is 1.22 bits per heavy atom. The van der Waals surface area contributed by atoms with E-state index in [0.717, 1.165) is 13.1 Å². The summed E-state index contributed by atoms with van der Waals surface area (Å²) in [5, 5.41) is 5.93. The molecule has 1 amide bonds. The van der Waals surface area contributed by atoms with E-state index in [1.54, 1.807) is 18.2 Å². The molecule has 1 aromatic carbocycles. The molecule has 0 saturated carbocycles. The number of hydrogen-bond acceptors (Lipinski definition) is 5. The molecule has 0 atom stereocenters. The smallest absolute Gasteiger partial charge is 0.252 e. The molecule has 2 rings (SSSR count). The molecule has 1 heterocycles. The average Bonchev–Trinajstić information content (AvgIpc) is 2.60. The Bertz CT molecular complexity index is 613. The maximum Gasteiger partial charge on any atom is 0.252 e. The second-order valence-electron chi connectivity index (χ2n) is 5.42. The predicted octanol–water partition coefficient (Wildman–Crippen LogP) is -0.150. The number of hydrogen-bond donors (Lipinski definition) is 3. The molecule has 1 aromatic rings. The van der Waals surface area contributed by atoms with Gasteiger partial charge in [0.1, 0.15) is 5.60 Å². The highest BCUT2D eigenvalue weighted by Gasteiger charge is 2.39. The zero-order valence-corrected chi connectivity index (χ0v) is 14.0. The number of rotatable bonds is 7. The van der Waals surface area contributed by atoms with E-state index < -0.39 is 15.6 Å². The summed E-state index contributed by atoms with van der Waals surface area (Å²) < 4.78 is 32.0. The van der Waals surface area contributed by atoms with E-state index in [-0.39, 0.29) is 23.9 Å². The number of carbonyl (C=O) groups is 1. The normalized spacial score (nSPS) is 17.6. The Hall–Kier alpha value is -1.48. The van der Waals surface area contributed by atoms with E-state index >= 15 is 0 Å². The van der Waals surface area contributed by atoms with Gasteiger partial charge < -0.3 is 15.4 Å². The maximum absolute atomic E-state index is 12.3. The molecular formula is C15H23N3O4S. The van der Waals surface area contributed by atoms with Gasteiger partial charge in [0.05, 0.1) is 4.90 Å². The predicted molar refractivity (Wildman–Crippen MR) is 86.5 cm³/mol. The van der Waals surface area contributed by atoms with Crippen molar-refractivity contribution in [1.29, 1.82) is 0 Å². The maximum atomic E-state index is 12.3. The van der Waals surface area contributed by atoms with E-state index in [1.165, 1.54) is 19.2 Å². The van der Waals surface area contributed by atoms with E-state index in [0.29, 0.717) is 12.8 Å². The first-order valence-corrected chi connectivity index (χ1v) is 9.07. The summed E-state index contributed by atoms with van der Waals surface area (Å²) in [6, 6.07) is 8.12. The molecule has 23 heavy (non-hydrogen) atoms. The highest BCUT2D eigenvalue weighted by molar-refractivity contribution is 7.89. The summed E-state index contributed by atoms with van der Waals surface area (Å²) in [6.07, 6.45) is 1.20. The van der Waals surface area contributed by atoms with Crippen molar-refractivity contribution in [2.45, 2.75) is 23.3 Å². The Kier molecular flexibility index (Phi) is 6.11. The van der Waals surface area contributed by atoms with Crippen LogP contribution in [0.5, 0.6) is 0 Å². The molecule has 7 nitrogen and oxygen atoms in total. The van der Waals surface area contributed by atoms with E-state index in [4.69, 9.17) is 4.74 Å². The van der Waals surface area contributed by atoms with Crippen LogP contribution < -0.4 is 15.4 Å². The van der Waals surface area contributed by atoms with Crippen molar-refractivity contribution < 1.29 is 17.9 Å². The van der Waals surface area contributed by atoms with Crippen LogP contribution in [0, 0.1) is 0 Å². The standard InChI is InChI=1S/C15H23N3O4S/c1-22-15(7-9-16-10-8-15)14(19)17-11-12-18-23(20,21)13-5-3-2-4-6-13/h2-6,16,18H,7-12H2,1H3,(H,17,19). The lowest BCUT2D eigenvalue weighted by Crippen LogP contribution is -2.54. The third kappa shape index (κ3) is 4.51. The molecule has 0 aliphatic carbocycles. The second kappa shape index (κ2) is 7.87. The van der Waals surface area contributed by atoms with Crippen molar-refractivity contribution in [3.8, 4) is 0 Å². The molecule has 3 N–H and O–H groups in total. The fraction of sp³-hybridized carbons (Fsp3) is 0.533. The lowest BCUT2D eigenvalue weighted by atomic mass is 9.91. The molecule has 1 aliphatic rings. The lowest BCUT2D eigenvalue weighted by Gasteiger charge is -2.34. The number of nitrogens with one attached hydrogen (secondary N) is 3. The van der Waals surface area contributed by atoms with Gasteiger partial charge in [0.2, 0.25) is 10.0 Å². The number of amides is 1.